The van der Waals surface area contributed by atoms with Gasteiger partial charge in [-0.25, -0.2) is 13.8 Å². The molecule has 4 aromatic carbocycles. The molecule has 0 saturated carbocycles. The van der Waals surface area contributed by atoms with Crippen LogP contribution < -0.4 is 19.2 Å². The molecule has 10 heteroatoms. The number of hydrazone groups is 1. The molecule has 0 bridgehead atoms. The van der Waals surface area contributed by atoms with E-state index in [4.69, 9.17) is 21.1 Å². The summed E-state index contributed by atoms with van der Waals surface area (Å²) >= 11 is 6.07. The maximum absolute atomic E-state index is 13.7. The van der Waals surface area contributed by atoms with Gasteiger partial charge in [-0.3, -0.25) is 9.10 Å². The Morgan fingerprint density at radius 1 is 0.955 bits per heavy atom. The van der Waals surface area contributed by atoms with Crippen LogP contribution >= 0.6 is 11.6 Å². The number of carbonyl (C=O) groups excluding carboxylic acids is 1. The summed E-state index contributed by atoms with van der Waals surface area (Å²) in [6, 6.07) is 26.4. The maximum atomic E-state index is 13.7. The molecule has 0 aliphatic carbocycles. The number of ether oxygens (including phenoxy) is 2. The summed E-state index contributed by atoms with van der Waals surface area (Å²) in [6.07, 6.45) is 1.46. The van der Waals surface area contributed by atoms with E-state index in [2.05, 4.69) is 24.4 Å². The number of hydrogen-bond acceptors (Lipinski definition) is 6. The van der Waals surface area contributed by atoms with Gasteiger partial charge in [-0.05, 0) is 91.1 Å². The van der Waals surface area contributed by atoms with Crippen LogP contribution in [0.2, 0.25) is 5.02 Å². The predicted molar refractivity (Wildman–Crippen MR) is 175 cm³/mol. The summed E-state index contributed by atoms with van der Waals surface area (Å²) in [4.78, 5) is 13.1. The molecule has 1 N–H and O–H groups in total. The Morgan fingerprint density at radius 2 is 1.68 bits per heavy atom. The SMILES string of the molecule is CCOc1cc(/C=N\NC(=O)CN(c2ccc(C(C)C)cc2)S(=O)(=O)c2ccc(C)cc2)ccc1OCc1cccc(Cl)c1. The first-order valence-corrected chi connectivity index (χ1v) is 16.0. The molecule has 0 spiro atoms. The van der Waals surface area contributed by atoms with Crippen molar-refractivity contribution in [1.82, 2.24) is 5.43 Å². The molecule has 4 rings (SSSR count). The van der Waals surface area contributed by atoms with Crippen molar-refractivity contribution in [2.75, 3.05) is 17.5 Å². The summed E-state index contributed by atoms with van der Waals surface area (Å²) in [5.74, 6) is 0.741. The third-order valence-electron chi connectivity index (χ3n) is 6.70. The fourth-order valence-corrected chi connectivity index (χ4v) is 5.94. The van der Waals surface area contributed by atoms with E-state index in [1.165, 1.54) is 18.3 Å². The lowest BCUT2D eigenvalue weighted by Crippen LogP contribution is -2.39. The first kappa shape index (κ1) is 32.6. The summed E-state index contributed by atoms with van der Waals surface area (Å²) in [5, 5.41) is 4.70. The minimum atomic E-state index is -4.04. The number of benzene rings is 4. The molecule has 0 aliphatic heterocycles. The molecule has 1 amide bonds. The minimum Gasteiger partial charge on any atom is -0.490 e. The highest BCUT2D eigenvalue weighted by Crippen LogP contribution is 2.29. The molecule has 44 heavy (non-hydrogen) atoms. The van der Waals surface area contributed by atoms with Gasteiger partial charge < -0.3 is 9.47 Å². The fraction of sp³-hybridized carbons (Fsp3) is 0.235. The minimum absolute atomic E-state index is 0.0912. The van der Waals surface area contributed by atoms with Crippen LogP contribution in [0.3, 0.4) is 0 Å². The van der Waals surface area contributed by atoms with E-state index >= 15 is 0 Å². The smallest absolute Gasteiger partial charge is 0.264 e. The first-order chi connectivity index (χ1) is 21.1. The molecule has 230 valence electrons. The Bertz CT molecular complexity index is 1710. The van der Waals surface area contributed by atoms with Gasteiger partial charge in [0.15, 0.2) is 11.5 Å². The summed E-state index contributed by atoms with van der Waals surface area (Å²) in [6.45, 7) is 8.13. The molecule has 0 aromatic heterocycles. The number of hydrogen-bond donors (Lipinski definition) is 1. The van der Waals surface area contributed by atoms with Gasteiger partial charge >= 0.3 is 0 Å². The number of amides is 1. The average Bonchev–Trinajstić information content (AvgIpc) is 3.00. The van der Waals surface area contributed by atoms with Gasteiger partial charge in [0.1, 0.15) is 13.2 Å². The predicted octanol–water partition coefficient (Wildman–Crippen LogP) is 7.10. The van der Waals surface area contributed by atoms with Crippen molar-refractivity contribution < 1.29 is 22.7 Å². The third-order valence-corrected chi connectivity index (χ3v) is 8.72. The molecular formula is C34H36ClN3O5S. The normalized spacial score (nSPS) is 11.5. The Labute approximate surface area is 264 Å². The lowest BCUT2D eigenvalue weighted by Gasteiger charge is -2.24. The molecule has 4 aromatic rings. The van der Waals surface area contributed by atoms with Gasteiger partial charge in [-0.1, -0.05) is 67.4 Å². The van der Waals surface area contributed by atoms with E-state index < -0.39 is 22.5 Å². The van der Waals surface area contributed by atoms with Crippen LogP contribution in [0.15, 0.2) is 101 Å². The number of halogens is 1. The highest BCUT2D eigenvalue weighted by Gasteiger charge is 2.27. The number of carbonyl (C=O) groups is 1. The number of nitrogens with one attached hydrogen (secondary N) is 1. The van der Waals surface area contributed by atoms with Crippen molar-refractivity contribution in [3.8, 4) is 11.5 Å². The van der Waals surface area contributed by atoms with Gasteiger partial charge in [0.25, 0.3) is 15.9 Å². The second-order valence-electron chi connectivity index (χ2n) is 10.4. The van der Waals surface area contributed by atoms with Crippen LogP contribution in [0.5, 0.6) is 11.5 Å². The topological polar surface area (TPSA) is 97.3 Å². The largest absolute Gasteiger partial charge is 0.490 e. The molecule has 0 unspecified atom stereocenters. The Kier molecular flexibility index (Phi) is 11.0. The molecular weight excluding hydrogens is 598 g/mol. The van der Waals surface area contributed by atoms with E-state index in [0.717, 1.165) is 21.0 Å². The number of aryl methyl sites for hydroxylation is 1. The van der Waals surface area contributed by atoms with Gasteiger partial charge in [-0.2, -0.15) is 5.10 Å². The molecule has 0 radical (unpaired) electrons. The fourth-order valence-electron chi connectivity index (χ4n) is 4.30. The van der Waals surface area contributed by atoms with Crippen molar-refractivity contribution in [3.05, 3.63) is 118 Å². The summed E-state index contributed by atoms with van der Waals surface area (Å²) < 4.78 is 40.1. The molecule has 0 atom stereocenters. The summed E-state index contributed by atoms with van der Waals surface area (Å²) in [5.41, 5.74) is 6.39. The number of rotatable bonds is 13. The highest BCUT2D eigenvalue weighted by molar-refractivity contribution is 7.92. The standard InChI is InChI=1S/C34H36ClN3O5S/c1-5-42-33-20-26(11-18-32(33)43-23-27-7-6-8-29(35)19-27)21-36-37-34(39)22-38(30-14-12-28(13-15-30)24(2)3)44(40,41)31-16-9-25(4)10-17-31/h6-21,24H,5,22-23H2,1-4H3,(H,37,39)/b36-21-. The number of anilines is 1. The monoisotopic (exact) mass is 633 g/mol. The van der Waals surface area contributed by atoms with Crippen molar-refractivity contribution in [2.45, 2.75) is 45.1 Å². The molecule has 0 fully saturated rings. The van der Waals surface area contributed by atoms with E-state index in [9.17, 15) is 13.2 Å². The van der Waals surface area contributed by atoms with Crippen LogP contribution in [-0.2, 0) is 21.4 Å². The highest BCUT2D eigenvalue weighted by atomic mass is 35.5. The maximum Gasteiger partial charge on any atom is 0.264 e. The quantitative estimate of drug-likeness (QED) is 0.125. The van der Waals surface area contributed by atoms with Crippen molar-refractivity contribution in [3.63, 3.8) is 0 Å². The van der Waals surface area contributed by atoms with E-state index in [-0.39, 0.29) is 10.8 Å². The summed E-state index contributed by atoms with van der Waals surface area (Å²) in [7, 11) is -4.04. The molecule has 0 saturated heterocycles. The lowest BCUT2D eigenvalue weighted by atomic mass is 10.0. The zero-order valence-electron chi connectivity index (χ0n) is 25.2. The Hall–Kier alpha value is -4.34. The van der Waals surface area contributed by atoms with Gasteiger partial charge in [0.05, 0.1) is 23.4 Å². The van der Waals surface area contributed by atoms with Crippen LogP contribution in [-0.4, -0.2) is 33.7 Å². The second kappa shape index (κ2) is 14.9. The average molecular weight is 634 g/mol. The Morgan fingerprint density at radius 3 is 2.34 bits per heavy atom. The van der Waals surface area contributed by atoms with E-state index in [0.29, 0.717) is 41.0 Å². The van der Waals surface area contributed by atoms with E-state index in [1.807, 2.05) is 44.2 Å². The zero-order valence-corrected chi connectivity index (χ0v) is 26.7. The Balaban J connectivity index is 1.48. The van der Waals surface area contributed by atoms with Crippen LogP contribution in [0.1, 0.15) is 48.9 Å². The first-order valence-electron chi connectivity index (χ1n) is 14.2. The van der Waals surface area contributed by atoms with Crippen molar-refractivity contribution in [2.24, 2.45) is 5.10 Å². The lowest BCUT2D eigenvalue weighted by molar-refractivity contribution is -0.119. The number of sulfonamides is 1. The van der Waals surface area contributed by atoms with E-state index in [1.54, 1.807) is 48.5 Å². The van der Waals surface area contributed by atoms with Crippen LogP contribution in [0.25, 0.3) is 0 Å². The van der Waals surface area contributed by atoms with Gasteiger partial charge in [0, 0.05) is 5.02 Å². The zero-order chi connectivity index (χ0) is 31.7. The van der Waals surface area contributed by atoms with Crippen LogP contribution in [0.4, 0.5) is 5.69 Å². The molecule has 0 heterocycles. The van der Waals surface area contributed by atoms with Crippen LogP contribution in [0, 0.1) is 6.92 Å². The molecule has 0 aliphatic rings. The number of nitrogens with zero attached hydrogens (tertiary/aromatic N) is 2. The van der Waals surface area contributed by atoms with Crippen molar-refractivity contribution >= 4 is 39.4 Å². The second-order valence-corrected chi connectivity index (χ2v) is 12.7. The van der Waals surface area contributed by atoms with Gasteiger partial charge in [0.2, 0.25) is 0 Å². The molecule has 8 nitrogen and oxygen atoms in total. The van der Waals surface area contributed by atoms with Crippen molar-refractivity contribution in [1.29, 1.82) is 0 Å². The van der Waals surface area contributed by atoms with Gasteiger partial charge in [-0.15, -0.1) is 0 Å². The third kappa shape index (κ3) is 8.61.